The SMILES string of the molecule is CN(C)c1ccc(C(=O)C=Cc2ccc3oc4ccccc4c3c2)cc1. The standard InChI is InChI=1S/C23H19NO2/c1-24(2)18-11-9-17(10-12-18)21(25)13-7-16-8-14-23-20(15-16)19-5-3-4-6-22(19)26-23/h3-15H,1-2H3. The minimum atomic E-state index is -0.00699. The largest absolute Gasteiger partial charge is 0.456 e. The Kier molecular flexibility index (Phi) is 4.05. The average molecular weight is 341 g/mol. The summed E-state index contributed by atoms with van der Waals surface area (Å²) in [5, 5.41) is 2.15. The van der Waals surface area contributed by atoms with Gasteiger partial charge < -0.3 is 9.32 Å². The quantitative estimate of drug-likeness (QED) is 0.360. The number of para-hydroxylation sites is 1. The fraction of sp³-hybridized carbons (Fsp3) is 0.0870. The van der Waals surface area contributed by atoms with Crippen LogP contribution < -0.4 is 4.90 Å². The van der Waals surface area contributed by atoms with Gasteiger partial charge in [0.1, 0.15) is 11.2 Å². The van der Waals surface area contributed by atoms with E-state index < -0.39 is 0 Å². The molecule has 1 heterocycles. The van der Waals surface area contributed by atoms with Gasteiger partial charge in [0.25, 0.3) is 0 Å². The van der Waals surface area contributed by atoms with Gasteiger partial charge in [-0.3, -0.25) is 4.79 Å². The van der Waals surface area contributed by atoms with E-state index in [9.17, 15) is 4.79 Å². The van der Waals surface area contributed by atoms with Gasteiger partial charge in [-0.1, -0.05) is 30.3 Å². The molecule has 0 unspecified atom stereocenters. The van der Waals surface area contributed by atoms with Gasteiger partial charge in [0.05, 0.1) is 0 Å². The lowest BCUT2D eigenvalue weighted by Gasteiger charge is -2.11. The van der Waals surface area contributed by atoms with Crippen LogP contribution in [0.1, 0.15) is 15.9 Å². The number of rotatable bonds is 4. The summed E-state index contributed by atoms with van der Waals surface area (Å²) in [6, 6.07) is 21.6. The van der Waals surface area contributed by atoms with Crippen molar-refractivity contribution in [3.63, 3.8) is 0 Å². The summed E-state index contributed by atoms with van der Waals surface area (Å²) in [5.74, 6) is -0.00699. The fourth-order valence-electron chi connectivity index (χ4n) is 3.04. The van der Waals surface area contributed by atoms with E-state index in [-0.39, 0.29) is 5.78 Å². The normalized spacial score (nSPS) is 11.5. The summed E-state index contributed by atoms with van der Waals surface area (Å²) in [7, 11) is 3.96. The Hall–Kier alpha value is -3.33. The molecule has 0 spiro atoms. The maximum Gasteiger partial charge on any atom is 0.185 e. The summed E-state index contributed by atoms with van der Waals surface area (Å²) in [6.07, 6.45) is 3.47. The summed E-state index contributed by atoms with van der Waals surface area (Å²) in [6.45, 7) is 0. The Morgan fingerprint density at radius 2 is 1.62 bits per heavy atom. The average Bonchev–Trinajstić information content (AvgIpc) is 3.04. The zero-order valence-corrected chi connectivity index (χ0v) is 14.8. The molecule has 0 N–H and O–H groups in total. The molecule has 3 nitrogen and oxygen atoms in total. The first-order valence-corrected chi connectivity index (χ1v) is 8.53. The summed E-state index contributed by atoms with van der Waals surface area (Å²) in [4.78, 5) is 14.4. The van der Waals surface area contributed by atoms with E-state index in [0.717, 1.165) is 33.2 Å². The van der Waals surface area contributed by atoms with Gasteiger partial charge in [0.15, 0.2) is 5.78 Å². The number of fused-ring (bicyclic) bond motifs is 3. The zero-order valence-electron chi connectivity index (χ0n) is 14.8. The molecule has 3 heteroatoms. The van der Waals surface area contributed by atoms with Crippen molar-refractivity contribution in [2.75, 3.05) is 19.0 Å². The second-order valence-corrected chi connectivity index (χ2v) is 6.49. The van der Waals surface area contributed by atoms with Crippen molar-refractivity contribution in [1.29, 1.82) is 0 Å². The van der Waals surface area contributed by atoms with E-state index in [0.29, 0.717) is 5.56 Å². The summed E-state index contributed by atoms with van der Waals surface area (Å²) >= 11 is 0. The number of hydrogen-bond donors (Lipinski definition) is 0. The fourth-order valence-corrected chi connectivity index (χ4v) is 3.04. The lowest BCUT2D eigenvalue weighted by molar-refractivity contribution is 0.104. The van der Waals surface area contributed by atoms with Crippen molar-refractivity contribution in [1.82, 2.24) is 0 Å². The molecule has 0 saturated heterocycles. The Morgan fingerprint density at radius 3 is 2.38 bits per heavy atom. The van der Waals surface area contributed by atoms with Gasteiger partial charge in [0.2, 0.25) is 0 Å². The molecule has 0 radical (unpaired) electrons. The highest BCUT2D eigenvalue weighted by atomic mass is 16.3. The smallest absolute Gasteiger partial charge is 0.185 e. The molecule has 0 aliphatic heterocycles. The predicted molar refractivity (Wildman–Crippen MR) is 108 cm³/mol. The number of benzene rings is 3. The highest BCUT2D eigenvalue weighted by Crippen LogP contribution is 2.29. The highest BCUT2D eigenvalue weighted by molar-refractivity contribution is 6.08. The second-order valence-electron chi connectivity index (χ2n) is 6.49. The van der Waals surface area contributed by atoms with Crippen LogP contribution in [0.5, 0.6) is 0 Å². The molecule has 0 fully saturated rings. The van der Waals surface area contributed by atoms with Gasteiger partial charge in [-0.15, -0.1) is 0 Å². The molecule has 0 saturated carbocycles. The Bertz CT molecular complexity index is 1120. The van der Waals surface area contributed by atoms with E-state index in [1.54, 1.807) is 6.08 Å². The van der Waals surface area contributed by atoms with Crippen molar-refractivity contribution in [2.24, 2.45) is 0 Å². The van der Waals surface area contributed by atoms with Gasteiger partial charge in [-0.2, -0.15) is 0 Å². The third-order valence-corrected chi connectivity index (χ3v) is 4.50. The van der Waals surface area contributed by atoms with E-state index in [4.69, 9.17) is 4.42 Å². The number of nitrogens with zero attached hydrogens (tertiary/aromatic N) is 1. The molecular formula is C23H19NO2. The number of carbonyl (C=O) groups excluding carboxylic acids is 1. The number of allylic oxidation sites excluding steroid dienone is 1. The number of hydrogen-bond acceptors (Lipinski definition) is 3. The van der Waals surface area contributed by atoms with E-state index in [1.165, 1.54) is 0 Å². The summed E-state index contributed by atoms with van der Waals surface area (Å²) < 4.78 is 5.84. The third kappa shape index (κ3) is 3.00. The molecule has 0 aliphatic carbocycles. The molecule has 3 aromatic carbocycles. The van der Waals surface area contributed by atoms with E-state index in [2.05, 4.69) is 6.07 Å². The van der Waals surface area contributed by atoms with Gasteiger partial charge in [0, 0.05) is 36.1 Å². The van der Waals surface area contributed by atoms with Crippen LogP contribution in [0.25, 0.3) is 28.0 Å². The molecule has 0 atom stereocenters. The zero-order chi connectivity index (χ0) is 18.1. The van der Waals surface area contributed by atoms with Crippen LogP contribution in [0.15, 0.2) is 77.2 Å². The highest BCUT2D eigenvalue weighted by Gasteiger charge is 2.07. The predicted octanol–water partition coefficient (Wildman–Crippen LogP) is 5.55. The molecule has 26 heavy (non-hydrogen) atoms. The Balaban J connectivity index is 1.61. The number of ketones is 1. The molecular weight excluding hydrogens is 322 g/mol. The van der Waals surface area contributed by atoms with Gasteiger partial charge in [-0.25, -0.2) is 0 Å². The minimum absolute atomic E-state index is 0.00699. The van der Waals surface area contributed by atoms with Crippen molar-refractivity contribution < 1.29 is 9.21 Å². The maximum absolute atomic E-state index is 12.4. The van der Waals surface area contributed by atoms with Gasteiger partial charge in [-0.05, 0) is 54.1 Å². The molecule has 0 amide bonds. The van der Waals surface area contributed by atoms with Crippen LogP contribution in [-0.2, 0) is 0 Å². The lowest BCUT2D eigenvalue weighted by Crippen LogP contribution is -2.08. The number of furan rings is 1. The van der Waals surface area contributed by atoms with E-state index in [1.807, 2.05) is 85.7 Å². The maximum atomic E-state index is 12.4. The van der Waals surface area contributed by atoms with Crippen LogP contribution in [-0.4, -0.2) is 19.9 Å². The van der Waals surface area contributed by atoms with Crippen LogP contribution in [0.3, 0.4) is 0 Å². The van der Waals surface area contributed by atoms with E-state index >= 15 is 0 Å². The molecule has 0 bridgehead atoms. The number of anilines is 1. The van der Waals surface area contributed by atoms with Crippen LogP contribution in [0.2, 0.25) is 0 Å². The molecule has 128 valence electrons. The Morgan fingerprint density at radius 1 is 0.885 bits per heavy atom. The van der Waals surface area contributed by atoms with Crippen molar-refractivity contribution in [2.45, 2.75) is 0 Å². The topological polar surface area (TPSA) is 33.5 Å². The third-order valence-electron chi connectivity index (χ3n) is 4.50. The van der Waals surface area contributed by atoms with Crippen LogP contribution >= 0.6 is 0 Å². The molecule has 1 aromatic heterocycles. The van der Waals surface area contributed by atoms with Crippen molar-refractivity contribution >= 4 is 39.5 Å². The minimum Gasteiger partial charge on any atom is -0.456 e. The van der Waals surface area contributed by atoms with Crippen LogP contribution in [0.4, 0.5) is 5.69 Å². The first kappa shape index (κ1) is 16.2. The second kappa shape index (κ2) is 6.52. The first-order chi connectivity index (χ1) is 12.6. The first-order valence-electron chi connectivity index (χ1n) is 8.53. The number of carbonyl (C=O) groups is 1. The molecule has 0 aliphatic rings. The lowest BCUT2D eigenvalue weighted by atomic mass is 10.1. The molecule has 4 rings (SSSR count). The van der Waals surface area contributed by atoms with Crippen LogP contribution in [0, 0.1) is 0 Å². The monoisotopic (exact) mass is 341 g/mol. The van der Waals surface area contributed by atoms with Gasteiger partial charge >= 0.3 is 0 Å². The Labute approximate surface area is 152 Å². The summed E-state index contributed by atoms with van der Waals surface area (Å²) in [5.41, 5.74) is 4.46. The van der Waals surface area contributed by atoms with Crippen molar-refractivity contribution in [3.05, 3.63) is 83.9 Å². The molecule has 4 aromatic rings. The van der Waals surface area contributed by atoms with Crippen molar-refractivity contribution in [3.8, 4) is 0 Å².